The number of para-hydroxylation sites is 5. The largest absolute Gasteiger partial charge is 0.456 e. The molecule has 0 bridgehead atoms. The van der Waals surface area contributed by atoms with Gasteiger partial charge >= 0.3 is 0 Å². The third-order valence-corrected chi connectivity index (χ3v) is 25.6. The van der Waals surface area contributed by atoms with Gasteiger partial charge in [0.2, 0.25) is 0 Å². The highest BCUT2D eigenvalue weighted by atomic mass is 16.3. The van der Waals surface area contributed by atoms with Gasteiger partial charge in [0.25, 0.3) is 0 Å². The van der Waals surface area contributed by atoms with Gasteiger partial charge in [0.1, 0.15) is 33.5 Å². The molecule has 0 aliphatic carbocycles. The Kier molecular flexibility index (Phi) is 15.2. The molecule has 5 nitrogen and oxygen atoms in total. The first-order valence-corrected chi connectivity index (χ1v) is 43.0. The van der Waals surface area contributed by atoms with Crippen molar-refractivity contribution in [1.29, 1.82) is 0 Å². The van der Waals surface area contributed by atoms with Crippen LogP contribution in [0.15, 0.2) is 474 Å². The maximum atomic E-state index is 8.86. The molecule has 5 heteroatoms. The van der Waals surface area contributed by atoms with Gasteiger partial charge in [-0.1, -0.05) is 388 Å². The van der Waals surface area contributed by atoms with Crippen LogP contribution in [-0.2, 0) is 0 Å². The Bertz CT molecular complexity index is 9540. The van der Waals surface area contributed by atoms with Crippen molar-refractivity contribution in [1.82, 2.24) is 9.55 Å². The number of benzene rings is 22. The van der Waals surface area contributed by atoms with Crippen molar-refractivity contribution in [3.05, 3.63) is 461 Å². The maximum Gasteiger partial charge on any atom is 0.145 e. The predicted molar refractivity (Wildman–Crippen MR) is 539 cm³/mol. The molecule has 0 spiro atoms. The zero-order valence-corrected chi connectivity index (χ0v) is 68.7. The molecule has 27 aromatic rings. The van der Waals surface area contributed by atoms with E-state index in [1.165, 1.54) is 54.6 Å². The molecule has 0 saturated carbocycles. The van der Waals surface area contributed by atoms with E-state index in [0.717, 1.165) is 181 Å². The summed E-state index contributed by atoms with van der Waals surface area (Å²) in [5.74, 6) is 0. The van der Waals surface area contributed by atoms with Gasteiger partial charge in [0.15, 0.2) is 0 Å². The second-order valence-electron chi connectivity index (χ2n) is 32.4. The minimum atomic E-state index is -0.398. The summed E-state index contributed by atoms with van der Waals surface area (Å²) in [6.45, 7) is 0. The van der Waals surface area contributed by atoms with Crippen LogP contribution in [0.3, 0.4) is 0 Å². The molecule has 22 aromatic carbocycles. The number of furan rings is 3. The Morgan fingerprint density at radius 2 is 0.562 bits per heavy atom. The van der Waals surface area contributed by atoms with Crippen LogP contribution in [0.25, 0.3) is 258 Å². The standard InChI is InChI=1S/C43H26N2O.C42H26O.C38H24O/c1-3-17-31-29(15-1)40(35-25-24-33(36-20-11-12-26-44-36)43-41(35)34-19-7-10-23-39(34)46-43)30-16-2-4-18-32(30)42(31)45-37-21-8-5-13-27(37)28-14-6-9-22-38(28)45;1-2-12-27(13-3-1)41-33-17-6-8-19-35(33)42(36-20-9-7-18-34(36)41)37-24-23-29(30-14-4-5-15-31(30)37)28-22-25-40-38(26-28)32-16-10-11-21-39(32)43-40;1-2-11-26(12-3-1)36-29-13-4-6-15-31(29)37(32-16-7-5-14-30(32)36)27-23-21-25(22-24-27)28-18-10-20-35-38(28)33-17-8-9-19-34(33)39-35/h1-26H;1-26H;1-24H/i;1D,2D,3D,12D,13D;1D,2D,3D,11D,12D. The molecule has 0 unspecified atom stereocenters. The molecule has 0 fully saturated rings. The van der Waals surface area contributed by atoms with E-state index >= 15 is 0 Å². The Balaban J connectivity index is 0.000000110. The first kappa shape index (κ1) is 63.9. The molecular formula is C123H76N2O3. The van der Waals surface area contributed by atoms with E-state index in [2.05, 4.69) is 235 Å². The second kappa shape index (κ2) is 30.5. The van der Waals surface area contributed by atoms with E-state index < -0.39 is 12.1 Å². The van der Waals surface area contributed by atoms with E-state index in [9.17, 15) is 0 Å². The van der Waals surface area contributed by atoms with Crippen molar-refractivity contribution in [3.8, 4) is 94.8 Å². The number of nitrogens with zero attached hydrogens (tertiary/aromatic N) is 2. The SMILES string of the molecule is [2H]c1c([2H])c([2H])c(-c2c3ccccc3c(-c3ccc(-c4ccc5oc6ccccc6c5c4)c4ccccc34)c3ccccc23)c([2H])c1[2H].[2H]c1c([2H])c([2H])c(-c2c3ccccc3c(-c3ccc(-c4cccc5oc6ccccc6c45)cc3)c3ccccc23)c([2H])c1[2H].c1ccc(-c2ccc(-c3c4ccccc4c(-n4c5ccccc5c5ccccc54)c4ccccc34)c3c2oc2ccccc23)nc1. The zero-order valence-electron chi connectivity index (χ0n) is 78.7. The monoisotopic (exact) mass is 1640 g/mol. The van der Waals surface area contributed by atoms with Crippen LogP contribution < -0.4 is 0 Å². The minimum Gasteiger partial charge on any atom is -0.456 e. The summed E-state index contributed by atoms with van der Waals surface area (Å²) in [7, 11) is 0. The van der Waals surface area contributed by atoms with Crippen LogP contribution >= 0.6 is 0 Å². The van der Waals surface area contributed by atoms with Crippen molar-refractivity contribution in [2.24, 2.45) is 0 Å². The van der Waals surface area contributed by atoms with Crippen molar-refractivity contribution < 1.29 is 27.0 Å². The fourth-order valence-corrected chi connectivity index (χ4v) is 20.2. The molecule has 0 amide bonds. The Hall–Kier alpha value is -17.0. The number of rotatable bonds is 9. The first-order chi connectivity index (χ1) is 67.7. The van der Waals surface area contributed by atoms with E-state index in [1.54, 1.807) is 0 Å². The lowest BCUT2D eigenvalue weighted by Gasteiger charge is -2.20. The normalized spacial score (nSPS) is 12.8. The summed E-state index contributed by atoms with van der Waals surface area (Å²) in [6.07, 6.45) is 1.84. The van der Waals surface area contributed by atoms with Crippen molar-refractivity contribution in [2.45, 2.75) is 0 Å². The quantitative estimate of drug-likeness (QED) is 0.135. The number of aromatic nitrogens is 2. The summed E-state index contributed by atoms with van der Waals surface area (Å²) in [6, 6.07) is 133. The van der Waals surface area contributed by atoms with E-state index in [0.29, 0.717) is 11.1 Å². The van der Waals surface area contributed by atoms with Crippen LogP contribution in [0, 0.1) is 0 Å². The van der Waals surface area contributed by atoms with Gasteiger partial charge in [-0.25, -0.2) is 0 Å². The molecule has 596 valence electrons. The van der Waals surface area contributed by atoms with Gasteiger partial charge in [-0.2, -0.15) is 0 Å². The highest BCUT2D eigenvalue weighted by molar-refractivity contribution is 6.29. The van der Waals surface area contributed by atoms with Crippen LogP contribution in [0.2, 0.25) is 0 Å². The van der Waals surface area contributed by atoms with Gasteiger partial charge < -0.3 is 17.8 Å². The highest BCUT2D eigenvalue weighted by Gasteiger charge is 2.27. The summed E-state index contributed by atoms with van der Waals surface area (Å²) in [4.78, 5) is 4.70. The molecular weight excluding hydrogens is 1550 g/mol. The minimum absolute atomic E-state index is 0.204. The zero-order chi connectivity index (χ0) is 93.0. The van der Waals surface area contributed by atoms with E-state index in [4.69, 9.17) is 31.9 Å². The third kappa shape index (κ3) is 12.0. The predicted octanol–water partition coefficient (Wildman–Crippen LogP) is 34.7. The molecule has 128 heavy (non-hydrogen) atoms. The van der Waals surface area contributed by atoms with Crippen LogP contribution in [0.5, 0.6) is 0 Å². The molecule has 5 heterocycles. The molecule has 0 N–H and O–H groups in total. The summed E-state index contributed by atoms with van der Waals surface area (Å²) >= 11 is 0. The molecule has 0 aliphatic rings. The smallest absolute Gasteiger partial charge is 0.145 e. The van der Waals surface area contributed by atoms with Crippen molar-refractivity contribution >= 4 is 163 Å². The third-order valence-electron chi connectivity index (χ3n) is 25.6. The van der Waals surface area contributed by atoms with Crippen LogP contribution in [0.4, 0.5) is 0 Å². The molecule has 0 radical (unpaired) electrons. The molecule has 0 saturated heterocycles. The summed E-state index contributed by atoms with van der Waals surface area (Å²) < 4.78 is 106. The van der Waals surface area contributed by atoms with Gasteiger partial charge in [-0.3, -0.25) is 4.98 Å². The Morgan fingerprint density at radius 3 is 1.09 bits per heavy atom. The second-order valence-corrected chi connectivity index (χ2v) is 32.4. The van der Waals surface area contributed by atoms with Gasteiger partial charge in [-0.15, -0.1) is 0 Å². The van der Waals surface area contributed by atoms with Crippen molar-refractivity contribution in [2.75, 3.05) is 0 Å². The fraction of sp³-hybridized carbons (Fsp3) is 0. The van der Waals surface area contributed by atoms with E-state index in [-0.39, 0.29) is 59.5 Å². The number of hydrogen-bond donors (Lipinski definition) is 0. The number of fused-ring (bicyclic) bond motifs is 19. The number of pyridine rings is 1. The fourth-order valence-electron chi connectivity index (χ4n) is 20.2. The molecule has 0 atom stereocenters. The van der Waals surface area contributed by atoms with Gasteiger partial charge in [0.05, 0.1) is 36.1 Å². The van der Waals surface area contributed by atoms with Crippen molar-refractivity contribution in [3.63, 3.8) is 0 Å². The lowest BCUT2D eigenvalue weighted by atomic mass is 9.84. The summed E-state index contributed by atoms with van der Waals surface area (Å²) in [5, 5.41) is 23.2. The van der Waals surface area contributed by atoms with E-state index in [1.807, 2.05) is 170 Å². The van der Waals surface area contributed by atoms with Gasteiger partial charge in [-0.05, 0) is 209 Å². The lowest BCUT2D eigenvalue weighted by molar-refractivity contribution is 0.668. The number of hydrogen-bond acceptors (Lipinski definition) is 4. The lowest BCUT2D eigenvalue weighted by Crippen LogP contribution is -1.99. The Labute approximate surface area is 750 Å². The first-order valence-electron chi connectivity index (χ1n) is 48.0. The summed E-state index contributed by atoms with van der Waals surface area (Å²) in [5.41, 5.74) is 23.3. The topological polar surface area (TPSA) is 57.2 Å². The molecule has 0 aliphatic heterocycles. The molecule has 27 rings (SSSR count). The Morgan fingerprint density at radius 1 is 0.203 bits per heavy atom. The molecule has 5 aromatic heterocycles. The maximum absolute atomic E-state index is 8.86. The average molecular weight is 1640 g/mol. The van der Waals surface area contributed by atoms with Gasteiger partial charge in [0, 0.05) is 65.6 Å². The highest BCUT2D eigenvalue weighted by Crippen LogP contribution is 2.52. The van der Waals surface area contributed by atoms with Crippen LogP contribution in [0.1, 0.15) is 13.7 Å². The average Bonchev–Trinajstić information content (AvgIpc) is 1.53. The van der Waals surface area contributed by atoms with Crippen LogP contribution in [-0.4, -0.2) is 9.55 Å².